The maximum atomic E-state index is 13.3. The van der Waals surface area contributed by atoms with Crippen LogP contribution in [0.3, 0.4) is 0 Å². The zero-order valence-corrected chi connectivity index (χ0v) is 21.3. The fraction of sp³-hybridized carbons (Fsp3) is 0.500. The zero-order chi connectivity index (χ0) is 25.1. The number of hydrogen-bond donors (Lipinski definition) is 1. The Labute approximate surface area is 213 Å². The summed E-state index contributed by atoms with van der Waals surface area (Å²) in [5.74, 6) is 1.73. The summed E-state index contributed by atoms with van der Waals surface area (Å²) in [4.78, 5) is 32.2. The third-order valence-corrected chi connectivity index (χ3v) is 7.59. The van der Waals surface area contributed by atoms with E-state index in [-0.39, 0.29) is 17.9 Å². The van der Waals surface area contributed by atoms with E-state index in [1.165, 1.54) is 5.56 Å². The van der Waals surface area contributed by atoms with Gasteiger partial charge >= 0.3 is 0 Å². The highest BCUT2D eigenvalue weighted by Crippen LogP contribution is 2.38. The molecule has 0 radical (unpaired) electrons. The van der Waals surface area contributed by atoms with Gasteiger partial charge in [-0.05, 0) is 61.6 Å². The predicted molar refractivity (Wildman–Crippen MR) is 139 cm³/mol. The highest BCUT2D eigenvalue weighted by molar-refractivity contribution is 5.93. The highest BCUT2D eigenvalue weighted by atomic mass is 16.6. The van der Waals surface area contributed by atoms with E-state index in [4.69, 9.17) is 9.47 Å². The lowest BCUT2D eigenvalue weighted by Gasteiger charge is -2.35. The monoisotopic (exact) mass is 492 g/mol. The molecule has 2 aromatic carbocycles. The molecule has 192 valence electrons. The van der Waals surface area contributed by atoms with Gasteiger partial charge in [-0.3, -0.25) is 19.4 Å². The molecule has 8 nitrogen and oxygen atoms in total. The Bertz CT molecular complexity index is 1110. The van der Waals surface area contributed by atoms with Crippen LogP contribution in [-0.4, -0.2) is 85.5 Å². The third-order valence-electron chi connectivity index (χ3n) is 7.59. The SMILES string of the molecule is Cc1cccc(NC(=O)CN2CCN(CC(=O)N3CCC[C@H]3c3ccc4c(c3)OCCO4)CC2)c1C. The van der Waals surface area contributed by atoms with Crippen LogP contribution in [0.15, 0.2) is 36.4 Å². The molecular formula is C28H36N4O4. The van der Waals surface area contributed by atoms with Crippen molar-refractivity contribution in [3.63, 3.8) is 0 Å². The molecule has 1 atom stereocenters. The van der Waals surface area contributed by atoms with Crippen molar-refractivity contribution in [2.75, 3.05) is 64.3 Å². The standard InChI is InChI=1S/C28H36N4O4/c1-20-5-3-6-23(21(20)2)29-27(33)18-30-11-13-31(14-12-30)19-28(34)32-10-4-7-24(32)22-8-9-25-26(17-22)36-16-15-35-25/h3,5-6,8-9,17,24H,4,7,10-16,18-19H2,1-2H3,(H,29,33)/t24-/m0/s1. The molecule has 3 aliphatic heterocycles. The minimum absolute atomic E-state index is 0.00700. The molecule has 0 bridgehead atoms. The Morgan fingerprint density at radius 1 is 0.917 bits per heavy atom. The van der Waals surface area contributed by atoms with Gasteiger partial charge in [-0.2, -0.15) is 0 Å². The van der Waals surface area contributed by atoms with Crippen molar-refractivity contribution in [3.8, 4) is 11.5 Å². The number of aryl methyl sites for hydroxylation is 1. The number of carbonyl (C=O) groups excluding carboxylic acids is 2. The molecule has 3 heterocycles. The summed E-state index contributed by atoms with van der Waals surface area (Å²) in [5, 5.41) is 3.05. The van der Waals surface area contributed by atoms with Crippen molar-refractivity contribution in [1.82, 2.24) is 14.7 Å². The molecule has 0 aromatic heterocycles. The Morgan fingerprint density at radius 3 is 2.42 bits per heavy atom. The van der Waals surface area contributed by atoms with Gasteiger partial charge in [0.2, 0.25) is 11.8 Å². The van der Waals surface area contributed by atoms with Crippen molar-refractivity contribution in [2.45, 2.75) is 32.7 Å². The van der Waals surface area contributed by atoms with E-state index in [0.717, 1.165) is 73.9 Å². The molecule has 2 amide bonds. The quantitative estimate of drug-likeness (QED) is 0.668. The number of nitrogens with one attached hydrogen (secondary N) is 1. The topological polar surface area (TPSA) is 74.4 Å². The van der Waals surface area contributed by atoms with Crippen molar-refractivity contribution in [1.29, 1.82) is 0 Å². The number of hydrogen-bond acceptors (Lipinski definition) is 6. The molecule has 5 rings (SSSR count). The van der Waals surface area contributed by atoms with E-state index in [0.29, 0.717) is 26.3 Å². The molecule has 1 N–H and O–H groups in total. The van der Waals surface area contributed by atoms with Gasteiger partial charge in [0, 0.05) is 38.4 Å². The van der Waals surface area contributed by atoms with E-state index >= 15 is 0 Å². The second-order valence-electron chi connectivity index (χ2n) is 10.00. The van der Waals surface area contributed by atoms with E-state index < -0.39 is 0 Å². The van der Waals surface area contributed by atoms with Crippen LogP contribution in [0, 0.1) is 13.8 Å². The number of nitrogens with zero attached hydrogens (tertiary/aromatic N) is 3. The Morgan fingerprint density at radius 2 is 1.64 bits per heavy atom. The molecule has 8 heteroatoms. The van der Waals surface area contributed by atoms with Gasteiger partial charge in [0.25, 0.3) is 0 Å². The molecule has 2 aromatic rings. The van der Waals surface area contributed by atoms with E-state index in [2.05, 4.69) is 21.2 Å². The second-order valence-corrected chi connectivity index (χ2v) is 10.00. The number of carbonyl (C=O) groups is 2. The average molecular weight is 493 g/mol. The number of rotatable bonds is 6. The van der Waals surface area contributed by atoms with Gasteiger partial charge in [-0.1, -0.05) is 18.2 Å². The van der Waals surface area contributed by atoms with E-state index in [9.17, 15) is 9.59 Å². The Hall–Kier alpha value is -3.10. The van der Waals surface area contributed by atoms with Gasteiger partial charge in [-0.15, -0.1) is 0 Å². The number of ether oxygens (including phenoxy) is 2. The maximum absolute atomic E-state index is 13.3. The number of fused-ring (bicyclic) bond motifs is 1. The van der Waals surface area contributed by atoms with Crippen molar-refractivity contribution >= 4 is 17.5 Å². The molecule has 0 spiro atoms. The first kappa shape index (κ1) is 24.6. The molecule has 3 aliphatic rings. The van der Waals surface area contributed by atoms with Gasteiger partial charge in [0.1, 0.15) is 13.2 Å². The smallest absolute Gasteiger partial charge is 0.238 e. The summed E-state index contributed by atoms with van der Waals surface area (Å²) in [6.45, 7) is 9.90. The van der Waals surface area contributed by atoms with Crippen LogP contribution in [0.5, 0.6) is 11.5 Å². The third kappa shape index (κ3) is 5.50. The van der Waals surface area contributed by atoms with E-state index in [1.54, 1.807) is 0 Å². The van der Waals surface area contributed by atoms with Crippen LogP contribution < -0.4 is 14.8 Å². The minimum atomic E-state index is 0.00700. The van der Waals surface area contributed by atoms with E-state index in [1.807, 2.05) is 49.1 Å². The molecule has 36 heavy (non-hydrogen) atoms. The lowest BCUT2D eigenvalue weighted by atomic mass is 10.0. The Balaban J connectivity index is 1.11. The number of likely N-dealkylation sites (tertiary alicyclic amines) is 1. The van der Waals surface area contributed by atoms with Crippen LogP contribution in [0.4, 0.5) is 5.69 Å². The number of amides is 2. The average Bonchev–Trinajstić information content (AvgIpc) is 3.38. The summed E-state index contributed by atoms with van der Waals surface area (Å²) < 4.78 is 11.4. The number of piperazine rings is 1. The van der Waals surface area contributed by atoms with Gasteiger partial charge in [0.15, 0.2) is 11.5 Å². The molecule has 2 fully saturated rings. The second kappa shape index (κ2) is 10.9. The molecule has 0 saturated carbocycles. The fourth-order valence-corrected chi connectivity index (χ4v) is 5.35. The summed E-state index contributed by atoms with van der Waals surface area (Å²) in [5.41, 5.74) is 4.26. The molecule has 0 aliphatic carbocycles. The first-order valence-corrected chi connectivity index (χ1v) is 13.0. The van der Waals surface area contributed by atoms with Crippen molar-refractivity contribution in [2.24, 2.45) is 0 Å². The van der Waals surface area contributed by atoms with Crippen LogP contribution in [0.2, 0.25) is 0 Å². The summed E-state index contributed by atoms with van der Waals surface area (Å²) in [7, 11) is 0. The largest absolute Gasteiger partial charge is 0.486 e. The highest BCUT2D eigenvalue weighted by Gasteiger charge is 2.32. The van der Waals surface area contributed by atoms with Crippen LogP contribution in [-0.2, 0) is 9.59 Å². The number of benzene rings is 2. The van der Waals surface area contributed by atoms with Crippen molar-refractivity contribution < 1.29 is 19.1 Å². The van der Waals surface area contributed by atoms with Gasteiger partial charge < -0.3 is 19.7 Å². The van der Waals surface area contributed by atoms with Crippen LogP contribution >= 0.6 is 0 Å². The van der Waals surface area contributed by atoms with Crippen LogP contribution in [0.1, 0.15) is 35.6 Å². The molecular weight excluding hydrogens is 456 g/mol. The van der Waals surface area contributed by atoms with Gasteiger partial charge in [0.05, 0.1) is 19.1 Å². The lowest BCUT2D eigenvalue weighted by Crippen LogP contribution is -2.51. The molecule has 0 unspecified atom stereocenters. The first-order valence-electron chi connectivity index (χ1n) is 13.0. The predicted octanol–water partition coefficient (Wildman–Crippen LogP) is 2.99. The minimum Gasteiger partial charge on any atom is -0.486 e. The fourth-order valence-electron chi connectivity index (χ4n) is 5.35. The zero-order valence-electron chi connectivity index (χ0n) is 21.3. The lowest BCUT2D eigenvalue weighted by molar-refractivity contribution is -0.134. The first-order chi connectivity index (χ1) is 17.5. The summed E-state index contributed by atoms with van der Waals surface area (Å²) in [6, 6.07) is 12.1. The normalized spacial score (nSPS) is 20.4. The molecule has 2 saturated heterocycles. The maximum Gasteiger partial charge on any atom is 0.238 e. The van der Waals surface area contributed by atoms with Crippen molar-refractivity contribution in [3.05, 3.63) is 53.1 Å². The number of anilines is 1. The Kier molecular flexibility index (Phi) is 7.43. The van der Waals surface area contributed by atoms with Gasteiger partial charge in [-0.25, -0.2) is 0 Å². The summed E-state index contributed by atoms with van der Waals surface area (Å²) in [6.07, 6.45) is 1.98. The summed E-state index contributed by atoms with van der Waals surface area (Å²) >= 11 is 0. The van der Waals surface area contributed by atoms with Crippen LogP contribution in [0.25, 0.3) is 0 Å².